The monoisotopic (exact) mass is 472 g/mol. The normalized spacial score (nSPS) is 47.2. The van der Waals surface area contributed by atoms with Gasteiger partial charge in [-0.05, 0) is 104 Å². The van der Waals surface area contributed by atoms with Crippen LogP contribution in [-0.4, -0.2) is 41.4 Å². The third-order valence-corrected chi connectivity index (χ3v) is 11.0. The Morgan fingerprint density at radius 1 is 1.06 bits per heavy atom. The van der Waals surface area contributed by atoms with Crippen molar-refractivity contribution < 1.29 is 32.2 Å². The van der Waals surface area contributed by atoms with Crippen LogP contribution in [-0.2, 0) is 19.4 Å². The molecule has 10 atom stereocenters. The first-order valence-corrected chi connectivity index (χ1v) is 13.8. The van der Waals surface area contributed by atoms with E-state index in [0.717, 1.165) is 32.1 Å². The molecule has 0 heterocycles. The molecule has 32 heavy (non-hydrogen) atoms. The molecule has 4 rings (SSSR count). The Labute approximate surface area is 192 Å². The third kappa shape index (κ3) is 4.25. The predicted molar refractivity (Wildman–Crippen MR) is 119 cm³/mol. The van der Waals surface area contributed by atoms with Gasteiger partial charge in [-0.15, -0.1) is 0 Å². The first-order chi connectivity index (χ1) is 14.8. The lowest BCUT2D eigenvalue weighted by Crippen LogP contribution is -2.58. The minimum absolute atomic E-state index is 0.0529. The molecule has 4 fully saturated rings. The Bertz CT molecular complexity index is 828. The van der Waals surface area contributed by atoms with Crippen LogP contribution in [0.5, 0.6) is 0 Å². The summed E-state index contributed by atoms with van der Waals surface area (Å²) in [6, 6.07) is 0. The molecular formula is C24H40O7S. The van der Waals surface area contributed by atoms with E-state index in [1.807, 2.05) is 0 Å². The number of fused-ring (bicyclic) bond motifs is 5. The van der Waals surface area contributed by atoms with Crippen LogP contribution in [0, 0.1) is 46.3 Å². The lowest BCUT2D eigenvalue weighted by molar-refractivity contribution is -0.172. The first kappa shape index (κ1) is 24.4. The van der Waals surface area contributed by atoms with Gasteiger partial charge in [-0.25, -0.2) is 4.18 Å². The third-order valence-electron chi connectivity index (χ3n) is 10.5. The summed E-state index contributed by atoms with van der Waals surface area (Å²) in [7, 11) is -4.46. The van der Waals surface area contributed by atoms with Crippen LogP contribution in [0.3, 0.4) is 0 Å². The van der Waals surface area contributed by atoms with Gasteiger partial charge in [0.25, 0.3) is 0 Å². The van der Waals surface area contributed by atoms with Gasteiger partial charge in [0.15, 0.2) is 0 Å². The molecule has 184 valence electrons. The summed E-state index contributed by atoms with van der Waals surface area (Å²) < 4.78 is 36.4. The molecule has 3 N–H and O–H groups in total. The topological polar surface area (TPSA) is 121 Å². The molecule has 7 nitrogen and oxygen atoms in total. The van der Waals surface area contributed by atoms with Crippen LogP contribution in [0.25, 0.3) is 0 Å². The van der Waals surface area contributed by atoms with Crippen molar-refractivity contribution in [3.05, 3.63) is 0 Å². The molecule has 0 aromatic carbocycles. The van der Waals surface area contributed by atoms with Crippen LogP contribution < -0.4 is 0 Å². The van der Waals surface area contributed by atoms with Crippen molar-refractivity contribution in [3.8, 4) is 0 Å². The van der Waals surface area contributed by atoms with Crippen LogP contribution in [0.1, 0.15) is 85.0 Å². The summed E-state index contributed by atoms with van der Waals surface area (Å²) in [5, 5.41) is 20.5. The lowest BCUT2D eigenvalue weighted by atomic mass is 9.43. The summed E-state index contributed by atoms with van der Waals surface area (Å²) in [5.41, 5.74) is 0.200. The van der Waals surface area contributed by atoms with Crippen molar-refractivity contribution in [2.45, 2.75) is 97.2 Å². The molecule has 4 aliphatic carbocycles. The van der Waals surface area contributed by atoms with Crippen molar-refractivity contribution in [1.29, 1.82) is 0 Å². The lowest BCUT2D eigenvalue weighted by Gasteiger charge is -2.62. The Hall–Kier alpha value is -0.700. The van der Waals surface area contributed by atoms with E-state index < -0.39 is 28.6 Å². The van der Waals surface area contributed by atoms with Crippen LogP contribution in [0.4, 0.5) is 0 Å². The first-order valence-electron chi connectivity index (χ1n) is 12.4. The number of carboxylic acids is 1. The van der Waals surface area contributed by atoms with E-state index in [9.17, 15) is 18.3 Å². The van der Waals surface area contributed by atoms with Gasteiger partial charge in [-0.1, -0.05) is 20.8 Å². The Kier molecular flexibility index (Phi) is 6.49. The van der Waals surface area contributed by atoms with Crippen LogP contribution in [0.15, 0.2) is 0 Å². The van der Waals surface area contributed by atoms with Crippen LogP contribution >= 0.6 is 0 Å². The highest BCUT2D eigenvalue weighted by atomic mass is 32.3. The highest BCUT2D eigenvalue weighted by molar-refractivity contribution is 7.80. The minimum atomic E-state index is -4.46. The Balaban J connectivity index is 1.52. The predicted octanol–water partition coefficient (Wildman–Crippen LogP) is 4.31. The number of hydrogen-bond acceptors (Lipinski definition) is 5. The van der Waals surface area contributed by atoms with Gasteiger partial charge < -0.3 is 10.2 Å². The second kappa shape index (κ2) is 8.51. The zero-order valence-corrected chi connectivity index (χ0v) is 20.4. The molecule has 4 aliphatic rings. The molecule has 0 saturated heterocycles. The molecule has 0 amide bonds. The number of aliphatic carboxylic acids is 1. The molecule has 1 unspecified atom stereocenters. The van der Waals surface area contributed by atoms with E-state index in [1.54, 1.807) is 0 Å². The summed E-state index contributed by atoms with van der Waals surface area (Å²) in [4.78, 5) is 11.1. The number of rotatable bonds is 6. The molecule has 4 saturated carbocycles. The van der Waals surface area contributed by atoms with Crippen molar-refractivity contribution in [1.82, 2.24) is 0 Å². The summed E-state index contributed by atoms with van der Waals surface area (Å²) in [5.74, 6) is 1.46. The largest absolute Gasteiger partial charge is 0.481 e. The van der Waals surface area contributed by atoms with E-state index >= 15 is 0 Å². The van der Waals surface area contributed by atoms with Crippen molar-refractivity contribution in [2.75, 3.05) is 0 Å². The summed E-state index contributed by atoms with van der Waals surface area (Å²) in [6.45, 7) is 6.93. The molecular weight excluding hydrogens is 432 g/mol. The smallest absolute Gasteiger partial charge is 0.397 e. The zero-order chi connectivity index (χ0) is 23.5. The molecule has 0 bridgehead atoms. The van der Waals surface area contributed by atoms with Gasteiger partial charge in [0.1, 0.15) is 0 Å². The SMILES string of the molecule is C[C@H](CCC(=O)O)C1CC[C@H]2[C@@H]3[C@@H](O)C[C@@H]4C[C@@H](OS(=O)(=O)O)CC[C@]4(C)[C@H]3CC[C@]12C. The average molecular weight is 473 g/mol. The van der Waals surface area contributed by atoms with Gasteiger partial charge in [0, 0.05) is 6.42 Å². The van der Waals surface area contributed by atoms with E-state index in [2.05, 4.69) is 20.8 Å². The number of carboxylic acid groups (broad SMARTS) is 1. The second-order valence-electron chi connectivity index (χ2n) is 11.9. The highest BCUT2D eigenvalue weighted by Gasteiger charge is 2.63. The number of aliphatic hydroxyl groups excluding tert-OH is 1. The second-order valence-corrected chi connectivity index (χ2v) is 12.9. The van der Waals surface area contributed by atoms with Gasteiger partial charge in [-0.3, -0.25) is 9.35 Å². The highest BCUT2D eigenvalue weighted by Crippen LogP contribution is 2.68. The summed E-state index contributed by atoms with van der Waals surface area (Å²) >= 11 is 0. The van der Waals surface area contributed by atoms with Gasteiger partial charge in [-0.2, -0.15) is 8.42 Å². The van der Waals surface area contributed by atoms with Gasteiger partial charge >= 0.3 is 16.4 Å². The standard InChI is InChI=1S/C24H40O7S/c1-14(4-7-21(26)27)17-5-6-18-22-19(9-11-24(17,18)3)23(2)10-8-16(31-32(28,29)30)12-15(23)13-20(22)25/h14-20,22,25H,4-13H2,1-3H3,(H,26,27)(H,28,29,30)/t14-,15+,16+,17?,18+,19+,20+,22+,23+,24-/m1/s1. The fourth-order valence-electron chi connectivity index (χ4n) is 8.97. The fraction of sp³-hybridized carbons (Fsp3) is 0.958. The molecule has 8 heteroatoms. The molecule has 0 aromatic heterocycles. The van der Waals surface area contributed by atoms with Crippen molar-refractivity contribution in [3.63, 3.8) is 0 Å². The van der Waals surface area contributed by atoms with Crippen LogP contribution in [0.2, 0.25) is 0 Å². The minimum Gasteiger partial charge on any atom is -0.481 e. The molecule has 0 spiro atoms. The van der Waals surface area contributed by atoms with E-state index in [-0.39, 0.29) is 29.1 Å². The van der Waals surface area contributed by atoms with Gasteiger partial charge in [0.2, 0.25) is 0 Å². The van der Waals surface area contributed by atoms with Crippen molar-refractivity contribution >= 4 is 16.4 Å². The molecule has 0 aromatic rings. The fourth-order valence-corrected chi connectivity index (χ4v) is 9.49. The van der Waals surface area contributed by atoms with E-state index in [0.29, 0.717) is 49.4 Å². The number of aliphatic hydroxyl groups is 1. The Morgan fingerprint density at radius 2 is 1.72 bits per heavy atom. The molecule has 0 aliphatic heterocycles. The molecule has 0 radical (unpaired) electrons. The maximum atomic E-state index is 11.4. The number of carbonyl (C=O) groups is 1. The maximum Gasteiger partial charge on any atom is 0.397 e. The summed E-state index contributed by atoms with van der Waals surface area (Å²) in [6.07, 6.45) is 7.11. The zero-order valence-electron chi connectivity index (χ0n) is 19.6. The van der Waals surface area contributed by atoms with E-state index in [4.69, 9.17) is 13.8 Å². The van der Waals surface area contributed by atoms with Gasteiger partial charge in [0.05, 0.1) is 12.2 Å². The van der Waals surface area contributed by atoms with Crippen molar-refractivity contribution in [2.24, 2.45) is 46.3 Å². The average Bonchev–Trinajstić information content (AvgIpc) is 3.03. The van der Waals surface area contributed by atoms with E-state index in [1.165, 1.54) is 0 Å². The number of hydrogen-bond donors (Lipinski definition) is 3. The quantitative estimate of drug-likeness (QED) is 0.493. The Morgan fingerprint density at radius 3 is 2.38 bits per heavy atom. The maximum absolute atomic E-state index is 11.4.